The van der Waals surface area contributed by atoms with E-state index in [1.54, 1.807) is 17.9 Å². The lowest BCUT2D eigenvalue weighted by molar-refractivity contribution is -0.126. The topological polar surface area (TPSA) is 96.3 Å². The highest BCUT2D eigenvalue weighted by atomic mass is 32.2. The van der Waals surface area contributed by atoms with E-state index in [4.69, 9.17) is 0 Å². The summed E-state index contributed by atoms with van der Waals surface area (Å²) in [5.41, 5.74) is 1.58. The zero-order chi connectivity index (χ0) is 17.5. The van der Waals surface area contributed by atoms with Crippen molar-refractivity contribution in [3.05, 3.63) is 17.5 Å². The molecular weight excluding hydrogens is 330 g/mol. The van der Waals surface area contributed by atoms with Crippen molar-refractivity contribution in [2.75, 3.05) is 7.05 Å². The van der Waals surface area contributed by atoms with Gasteiger partial charge in [0.25, 0.3) is 10.2 Å². The normalized spacial score (nSPS) is 28.1. The number of nitrogens with zero attached hydrogens (tertiary/aromatic N) is 3. The predicted molar refractivity (Wildman–Crippen MR) is 89.3 cm³/mol. The first kappa shape index (κ1) is 17.4. The van der Waals surface area contributed by atoms with Crippen molar-refractivity contribution in [1.82, 2.24) is 24.1 Å². The second-order valence-electron chi connectivity index (χ2n) is 6.78. The molecule has 0 bridgehead atoms. The molecular formula is C15H25N5O3S. The maximum absolute atomic E-state index is 12.7. The molecule has 0 spiro atoms. The van der Waals surface area contributed by atoms with Gasteiger partial charge in [-0.1, -0.05) is 12.8 Å². The highest BCUT2D eigenvalue weighted by Crippen LogP contribution is 2.29. The van der Waals surface area contributed by atoms with E-state index in [2.05, 4.69) is 15.1 Å². The van der Waals surface area contributed by atoms with Crippen LogP contribution in [0.1, 0.15) is 49.4 Å². The van der Waals surface area contributed by atoms with Gasteiger partial charge in [0.05, 0.1) is 11.7 Å². The van der Waals surface area contributed by atoms with Gasteiger partial charge in [0, 0.05) is 31.9 Å². The molecule has 0 aromatic carbocycles. The fourth-order valence-corrected chi connectivity index (χ4v) is 4.91. The molecule has 1 aromatic rings. The molecule has 2 fully saturated rings. The Morgan fingerprint density at radius 2 is 2.00 bits per heavy atom. The third-order valence-electron chi connectivity index (χ3n) is 5.00. The fourth-order valence-electron chi connectivity index (χ4n) is 3.64. The van der Waals surface area contributed by atoms with E-state index in [-0.39, 0.29) is 11.9 Å². The molecule has 134 valence electrons. The van der Waals surface area contributed by atoms with Gasteiger partial charge in [-0.3, -0.25) is 9.48 Å². The molecule has 1 saturated carbocycles. The Labute approximate surface area is 142 Å². The Balaban J connectivity index is 1.82. The summed E-state index contributed by atoms with van der Waals surface area (Å²) in [6.45, 7) is 1.84. The minimum Gasteiger partial charge on any atom is -0.352 e. The molecule has 9 heteroatoms. The summed E-state index contributed by atoms with van der Waals surface area (Å²) in [6, 6.07) is -0.984. The van der Waals surface area contributed by atoms with E-state index in [0.29, 0.717) is 6.42 Å². The van der Waals surface area contributed by atoms with Crippen molar-refractivity contribution in [2.24, 2.45) is 7.05 Å². The number of likely N-dealkylation sites (N-methyl/N-ethyl adjacent to an activating group) is 1. The maximum Gasteiger partial charge on any atom is 0.280 e. The van der Waals surface area contributed by atoms with Crippen molar-refractivity contribution in [3.8, 4) is 0 Å². The number of carbonyl (C=O) groups is 1. The lowest BCUT2D eigenvalue weighted by Crippen LogP contribution is -2.58. The first-order valence-corrected chi connectivity index (χ1v) is 9.78. The second kappa shape index (κ2) is 6.45. The van der Waals surface area contributed by atoms with Crippen LogP contribution in [0, 0.1) is 6.92 Å². The molecule has 1 amide bonds. The minimum absolute atomic E-state index is 0.169. The Kier molecular flexibility index (Phi) is 4.67. The molecule has 8 nitrogen and oxygen atoms in total. The zero-order valence-electron chi connectivity index (χ0n) is 14.3. The first-order valence-electron chi connectivity index (χ1n) is 8.33. The van der Waals surface area contributed by atoms with Gasteiger partial charge in [-0.05, 0) is 26.2 Å². The molecule has 0 radical (unpaired) electrons. The number of aryl methyl sites for hydroxylation is 2. The lowest BCUT2D eigenvalue weighted by Gasteiger charge is -2.36. The van der Waals surface area contributed by atoms with Gasteiger partial charge < -0.3 is 5.32 Å². The van der Waals surface area contributed by atoms with Crippen LogP contribution >= 0.6 is 0 Å². The molecule has 2 N–H and O–H groups in total. The van der Waals surface area contributed by atoms with E-state index in [1.807, 2.05) is 6.92 Å². The molecule has 2 unspecified atom stereocenters. The van der Waals surface area contributed by atoms with Crippen molar-refractivity contribution < 1.29 is 13.2 Å². The van der Waals surface area contributed by atoms with Crippen molar-refractivity contribution >= 4 is 16.1 Å². The zero-order valence-corrected chi connectivity index (χ0v) is 15.1. The van der Waals surface area contributed by atoms with Crippen LogP contribution in [0.2, 0.25) is 0 Å². The summed E-state index contributed by atoms with van der Waals surface area (Å²) >= 11 is 0. The third-order valence-corrected chi connectivity index (χ3v) is 6.59. The molecule has 1 aliphatic heterocycles. The van der Waals surface area contributed by atoms with Crippen LogP contribution in [-0.2, 0) is 22.1 Å². The van der Waals surface area contributed by atoms with Crippen molar-refractivity contribution in [1.29, 1.82) is 0 Å². The molecule has 2 atom stereocenters. The summed E-state index contributed by atoms with van der Waals surface area (Å²) in [7, 11) is -0.461. The average molecular weight is 355 g/mol. The average Bonchev–Trinajstić information content (AvgIpc) is 3.11. The first-order chi connectivity index (χ1) is 11.3. The highest BCUT2D eigenvalue weighted by Gasteiger charge is 2.41. The number of amides is 1. The van der Waals surface area contributed by atoms with E-state index < -0.39 is 22.3 Å². The molecule has 2 heterocycles. The Hall–Kier alpha value is -1.45. The van der Waals surface area contributed by atoms with Crippen LogP contribution in [0.4, 0.5) is 0 Å². The number of carbonyl (C=O) groups excluding carboxylic acids is 1. The number of hydrogen-bond acceptors (Lipinski definition) is 4. The monoisotopic (exact) mass is 355 g/mol. The van der Waals surface area contributed by atoms with Gasteiger partial charge in [-0.2, -0.15) is 22.5 Å². The Morgan fingerprint density at radius 1 is 1.33 bits per heavy atom. The van der Waals surface area contributed by atoms with Gasteiger partial charge in [0.15, 0.2) is 0 Å². The quantitative estimate of drug-likeness (QED) is 0.819. The van der Waals surface area contributed by atoms with Crippen LogP contribution in [-0.4, -0.2) is 47.5 Å². The van der Waals surface area contributed by atoms with Crippen LogP contribution in [0.25, 0.3) is 0 Å². The largest absolute Gasteiger partial charge is 0.352 e. The Bertz CT molecular complexity index is 723. The molecule has 1 aliphatic carbocycles. The number of rotatable bonds is 3. The fraction of sp³-hybridized carbons (Fsp3) is 0.733. The SMILES string of the molecule is Cc1nn(C)cc1C1CC(C(=O)NC2CCCC2)N(C)S(=O)(=O)N1. The van der Waals surface area contributed by atoms with Crippen LogP contribution in [0.3, 0.4) is 0 Å². The van der Waals surface area contributed by atoms with Gasteiger partial charge in [-0.15, -0.1) is 0 Å². The third kappa shape index (κ3) is 3.33. The van der Waals surface area contributed by atoms with E-state index in [0.717, 1.165) is 41.2 Å². The molecule has 2 aliphatic rings. The number of hydrogen-bond donors (Lipinski definition) is 2. The predicted octanol–water partition coefficient (Wildman–Crippen LogP) is 0.367. The van der Waals surface area contributed by atoms with E-state index >= 15 is 0 Å². The van der Waals surface area contributed by atoms with Gasteiger partial charge in [0.2, 0.25) is 5.91 Å². The van der Waals surface area contributed by atoms with Gasteiger partial charge in [0.1, 0.15) is 6.04 Å². The summed E-state index contributed by atoms with van der Waals surface area (Å²) in [5, 5.41) is 7.29. The minimum atomic E-state index is -3.71. The molecule has 1 aromatic heterocycles. The van der Waals surface area contributed by atoms with Crippen LogP contribution in [0.5, 0.6) is 0 Å². The summed E-state index contributed by atoms with van der Waals surface area (Å²) in [6.07, 6.45) is 6.36. The summed E-state index contributed by atoms with van der Waals surface area (Å²) in [5.74, 6) is -0.207. The van der Waals surface area contributed by atoms with E-state index in [9.17, 15) is 13.2 Å². The van der Waals surface area contributed by atoms with Crippen LogP contribution in [0.15, 0.2) is 6.20 Å². The molecule has 3 rings (SSSR count). The Morgan fingerprint density at radius 3 is 2.58 bits per heavy atom. The molecule has 24 heavy (non-hydrogen) atoms. The smallest absolute Gasteiger partial charge is 0.280 e. The summed E-state index contributed by atoms with van der Waals surface area (Å²) in [4.78, 5) is 12.7. The standard InChI is InChI=1S/C15H25N5O3S/c1-10-12(9-19(2)17-10)13-8-14(20(3)24(22,23)18-13)15(21)16-11-6-4-5-7-11/h9,11,13-14,18H,4-8H2,1-3H3,(H,16,21). The number of nitrogens with one attached hydrogen (secondary N) is 2. The number of aromatic nitrogens is 2. The van der Waals surface area contributed by atoms with Crippen LogP contribution < -0.4 is 10.0 Å². The van der Waals surface area contributed by atoms with Crippen molar-refractivity contribution in [2.45, 2.75) is 57.2 Å². The van der Waals surface area contributed by atoms with Gasteiger partial charge >= 0.3 is 0 Å². The lowest BCUT2D eigenvalue weighted by atomic mass is 10.00. The highest BCUT2D eigenvalue weighted by molar-refractivity contribution is 7.87. The van der Waals surface area contributed by atoms with Crippen molar-refractivity contribution in [3.63, 3.8) is 0 Å². The summed E-state index contributed by atoms with van der Waals surface area (Å²) < 4.78 is 30.3. The maximum atomic E-state index is 12.7. The van der Waals surface area contributed by atoms with E-state index in [1.165, 1.54) is 7.05 Å². The van der Waals surface area contributed by atoms with Gasteiger partial charge in [-0.25, -0.2) is 0 Å². The molecule has 1 saturated heterocycles. The second-order valence-corrected chi connectivity index (χ2v) is 8.54.